The molecule has 0 bridgehead atoms. The fraction of sp³-hybridized carbons (Fsp3) is 0.276. The van der Waals surface area contributed by atoms with Crippen LogP contribution in [0.5, 0.6) is 0 Å². The summed E-state index contributed by atoms with van der Waals surface area (Å²) in [7, 11) is 0.826. The smallest absolute Gasteiger partial charge is 0.200 e. The molecule has 156 valence electrons. The van der Waals surface area contributed by atoms with Gasteiger partial charge in [0.25, 0.3) is 0 Å². The van der Waals surface area contributed by atoms with Crippen molar-refractivity contribution < 1.29 is 4.57 Å². The number of hydrogen-bond acceptors (Lipinski definition) is 0. The summed E-state index contributed by atoms with van der Waals surface area (Å²) in [6, 6.07) is 23.2. The van der Waals surface area contributed by atoms with Crippen molar-refractivity contribution in [1.29, 1.82) is 0 Å². The van der Waals surface area contributed by atoms with E-state index in [1.165, 1.54) is 55.0 Å². The zero-order valence-corrected chi connectivity index (χ0v) is 20.8. The van der Waals surface area contributed by atoms with E-state index in [0.29, 0.717) is 0 Å². The van der Waals surface area contributed by atoms with Crippen LogP contribution in [0.15, 0.2) is 66.9 Å². The molecule has 0 fully saturated rings. The van der Waals surface area contributed by atoms with Crippen molar-refractivity contribution in [3.8, 4) is 22.4 Å². The maximum atomic E-state index is 2.46. The lowest BCUT2D eigenvalue weighted by Gasteiger charge is -2.22. The molecule has 1 aliphatic rings. The van der Waals surface area contributed by atoms with Crippen molar-refractivity contribution in [2.24, 2.45) is 7.05 Å². The molecule has 0 atom stereocenters. The second kappa shape index (κ2) is 6.64. The van der Waals surface area contributed by atoms with Gasteiger partial charge in [0.2, 0.25) is 5.69 Å². The molecule has 0 spiro atoms. The van der Waals surface area contributed by atoms with E-state index in [2.05, 4.69) is 119 Å². The zero-order chi connectivity index (χ0) is 22.1. The molecule has 0 saturated heterocycles. The summed E-state index contributed by atoms with van der Waals surface area (Å²) in [5, 5.41) is 4.20. The third-order valence-electron chi connectivity index (χ3n) is 7.19. The van der Waals surface area contributed by atoms with Crippen molar-refractivity contribution >= 4 is 24.0 Å². The Morgan fingerprint density at radius 2 is 1.52 bits per heavy atom. The molecule has 2 heteroatoms. The molecule has 3 aromatic carbocycles. The van der Waals surface area contributed by atoms with E-state index >= 15 is 0 Å². The summed E-state index contributed by atoms with van der Waals surface area (Å²) in [6.07, 6.45) is 2.22. The van der Waals surface area contributed by atoms with Gasteiger partial charge in [-0.3, -0.25) is 0 Å². The maximum Gasteiger partial charge on any atom is 0.220 e. The van der Waals surface area contributed by atoms with Gasteiger partial charge in [-0.05, 0) is 52.3 Å². The monoisotopic (exact) mass is 422 g/mol. The molecule has 0 amide bonds. The van der Waals surface area contributed by atoms with Crippen LogP contribution in [0.1, 0.15) is 30.5 Å². The van der Waals surface area contributed by atoms with Crippen LogP contribution in [0.4, 0.5) is 0 Å². The van der Waals surface area contributed by atoms with Crippen LogP contribution in [-0.4, -0.2) is 8.07 Å². The van der Waals surface area contributed by atoms with Crippen LogP contribution in [0.25, 0.3) is 33.2 Å². The summed E-state index contributed by atoms with van der Waals surface area (Å²) >= 11 is 0. The fourth-order valence-electron chi connectivity index (χ4n) is 5.29. The highest BCUT2D eigenvalue weighted by atomic mass is 28.3. The van der Waals surface area contributed by atoms with Crippen LogP contribution in [0.3, 0.4) is 0 Å². The molecular formula is C29H32NSi+. The molecule has 1 aromatic heterocycles. The Morgan fingerprint density at radius 1 is 0.774 bits per heavy atom. The lowest BCUT2D eigenvalue weighted by molar-refractivity contribution is -0.659. The largest absolute Gasteiger partial charge is 0.220 e. The van der Waals surface area contributed by atoms with Crippen molar-refractivity contribution in [3.05, 3.63) is 83.6 Å². The molecule has 4 aromatic rings. The molecule has 0 radical (unpaired) electrons. The highest BCUT2D eigenvalue weighted by molar-refractivity contribution is 6.88. The Morgan fingerprint density at radius 3 is 2.26 bits per heavy atom. The van der Waals surface area contributed by atoms with Crippen LogP contribution in [0.2, 0.25) is 19.6 Å². The summed E-state index contributed by atoms with van der Waals surface area (Å²) < 4.78 is 2.29. The molecule has 1 nitrogen and oxygen atoms in total. The van der Waals surface area contributed by atoms with Gasteiger partial charge in [-0.1, -0.05) is 81.1 Å². The van der Waals surface area contributed by atoms with E-state index in [9.17, 15) is 0 Å². The van der Waals surface area contributed by atoms with Crippen molar-refractivity contribution in [2.45, 2.75) is 45.8 Å². The average Bonchev–Trinajstić information content (AvgIpc) is 2.93. The first-order valence-electron chi connectivity index (χ1n) is 11.3. The molecule has 0 saturated carbocycles. The zero-order valence-electron chi connectivity index (χ0n) is 19.8. The Hall–Kier alpha value is -2.71. The molecule has 0 N–H and O–H groups in total. The van der Waals surface area contributed by atoms with Gasteiger partial charge in [0.1, 0.15) is 7.05 Å². The van der Waals surface area contributed by atoms with E-state index in [1.54, 1.807) is 0 Å². The summed E-state index contributed by atoms with van der Waals surface area (Å²) in [5.41, 5.74) is 9.66. The van der Waals surface area contributed by atoms with Crippen molar-refractivity contribution in [1.82, 2.24) is 0 Å². The first-order valence-corrected chi connectivity index (χ1v) is 14.8. The second-order valence-electron chi connectivity index (χ2n) is 10.7. The van der Waals surface area contributed by atoms with Crippen LogP contribution in [-0.2, 0) is 12.5 Å². The number of aromatic nitrogens is 1. The topological polar surface area (TPSA) is 3.88 Å². The van der Waals surface area contributed by atoms with E-state index in [-0.39, 0.29) is 5.41 Å². The number of pyridine rings is 1. The van der Waals surface area contributed by atoms with Gasteiger partial charge in [-0.25, -0.2) is 4.57 Å². The highest BCUT2D eigenvalue weighted by Crippen LogP contribution is 2.50. The minimum absolute atomic E-state index is 0.0164. The van der Waals surface area contributed by atoms with Crippen molar-refractivity contribution in [2.75, 3.05) is 0 Å². The number of benzene rings is 3. The maximum absolute atomic E-state index is 2.46. The molecule has 1 heterocycles. The van der Waals surface area contributed by atoms with Gasteiger partial charge < -0.3 is 0 Å². The number of aryl methyl sites for hydroxylation is 2. The normalized spacial score (nSPS) is 14.5. The first kappa shape index (κ1) is 20.2. The van der Waals surface area contributed by atoms with E-state index in [0.717, 1.165) is 0 Å². The summed E-state index contributed by atoms with van der Waals surface area (Å²) in [5.74, 6) is 0. The molecule has 31 heavy (non-hydrogen) atoms. The molecule has 0 aliphatic heterocycles. The third kappa shape index (κ3) is 3.00. The minimum atomic E-state index is -1.35. The van der Waals surface area contributed by atoms with Gasteiger partial charge >= 0.3 is 0 Å². The van der Waals surface area contributed by atoms with E-state index in [1.807, 2.05) is 0 Å². The third-order valence-corrected chi connectivity index (χ3v) is 9.23. The predicted octanol–water partition coefficient (Wildman–Crippen LogP) is 6.49. The minimum Gasteiger partial charge on any atom is -0.200 e. The Labute approximate surface area is 187 Å². The SMILES string of the molecule is Cc1cc2c(cc1-c1c3ccc([Si](C)(C)C)cc3cc[n+]1C)C(C)(C)c1ccccc1-2. The summed E-state index contributed by atoms with van der Waals surface area (Å²) in [6.45, 7) is 14.2. The first-order chi connectivity index (χ1) is 14.6. The van der Waals surface area contributed by atoms with Crippen LogP contribution < -0.4 is 9.75 Å². The van der Waals surface area contributed by atoms with Gasteiger partial charge in [-0.15, -0.1) is 0 Å². The highest BCUT2D eigenvalue weighted by Gasteiger charge is 2.36. The molecule has 5 rings (SSSR count). The van der Waals surface area contributed by atoms with Gasteiger partial charge in [-0.2, -0.15) is 0 Å². The lowest BCUT2D eigenvalue weighted by Crippen LogP contribution is -2.37. The molecule has 1 aliphatic carbocycles. The number of hydrogen-bond donors (Lipinski definition) is 0. The van der Waals surface area contributed by atoms with Crippen LogP contribution >= 0.6 is 0 Å². The number of fused-ring (bicyclic) bond motifs is 4. The van der Waals surface area contributed by atoms with Gasteiger partial charge in [0.15, 0.2) is 6.20 Å². The standard InChI is InChI=1S/C29H32NSi/c1-19-16-25-23-10-8-9-11-26(23)29(2,3)27(25)18-24(19)28-22-13-12-21(31(5,6)7)17-20(22)14-15-30(28)4/h8-18H,1-7H3/q+1. The average molecular weight is 423 g/mol. The molecule has 0 unspecified atom stereocenters. The number of nitrogens with zero attached hydrogens (tertiary/aromatic N) is 1. The van der Waals surface area contributed by atoms with E-state index < -0.39 is 8.07 Å². The Kier molecular flexibility index (Phi) is 4.33. The fourth-order valence-corrected chi connectivity index (χ4v) is 6.46. The van der Waals surface area contributed by atoms with Gasteiger partial charge in [0, 0.05) is 11.5 Å². The molecular weight excluding hydrogens is 390 g/mol. The van der Waals surface area contributed by atoms with E-state index in [4.69, 9.17) is 0 Å². The predicted molar refractivity (Wildman–Crippen MR) is 136 cm³/mol. The van der Waals surface area contributed by atoms with Crippen LogP contribution in [0, 0.1) is 6.92 Å². The lowest BCUT2D eigenvalue weighted by atomic mass is 9.81. The van der Waals surface area contributed by atoms with Gasteiger partial charge in [0.05, 0.1) is 19.0 Å². The summed E-state index contributed by atoms with van der Waals surface area (Å²) in [4.78, 5) is 0. The Bertz CT molecular complexity index is 1360. The van der Waals surface area contributed by atoms with Crippen molar-refractivity contribution in [3.63, 3.8) is 0 Å². The Balaban J connectivity index is 1.78. The quantitative estimate of drug-likeness (QED) is 0.257. The second-order valence-corrected chi connectivity index (χ2v) is 15.8. The number of rotatable bonds is 2.